The summed E-state index contributed by atoms with van der Waals surface area (Å²) >= 11 is 0. The highest BCUT2D eigenvalue weighted by Gasteiger charge is 2.20. The number of hydrogen-bond acceptors (Lipinski definition) is 4. The fourth-order valence-corrected chi connectivity index (χ4v) is 6.12. The van der Waals surface area contributed by atoms with E-state index < -0.39 is 0 Å². The van der Waals surface area contributed by atoms with Crippen molar-refractivity contribution in [3.63, 3.8) is 0 Å². The van der Waals surface area contributed by atoms with Crippen LogP contribution in [0.25, 0.3) is 0 Å². The first kappa shape index (κ1) is 52.4. The lowest BCUT2D eigenvalue weighted by Gasteiger charge is -2.27. The second-order valence-electron chi connectivity index (χ2n) is 18.9. The van der Waals surface area contributed by atoms with Crippen LogP contribution in [0.15, 0.2) is 24.3 Å². The van der Waals surface area contributed by atoms with E-state index in [0.717, 1.165) is 76.3 Å². The second-order valence-corrected chi connectivity index (χ2v) is 18.9. The summed E-state index contributed by atoms with van der Waals surface area (Å²) in [6, 6.07) is 0. The Morgan fingerprint density at radius 1 is 0.490 bits per heavy atom. The maximum Gasteiger partial charge on any atom is 0.0626 e. The predicted molar refractivity (Wildman–Crippen MR) is 227 cm³/mol. The van der Waals surface area contributed by atoms with Crippen LogP contribution in [0.5, 0.6) is 0 Å². The topological polar surface area (TPSA) is 36.9 Å². The molecule has 4 heteroatoms. The molecule has 5 unspecified atom stereocenters. The van der Waals surface area contributed by atoms with Crippen LogP contribution in [0, 0.1) is 29.6 Å². The first-order valence-corrected chi connectivity index (χ1v) is 21.4. The summed E-state index contributed by atoms with van der Waals surface area (Å²) < 4.78 is 23.9. The standard InChI is InChI=1S/C24H48O2.C23H46O2/c1-20(2)12-10-13-21(3)16-19-26-24(8,9)17-11-14-22(4)15-18-25-23(5,6)7;1-18(2)10-9-11-21(7)15-17-25-23(19(3)4)13-12-22(8)14-16-24-20(5)6/h21-22H,1,10-19H2,2-9H3;19-23H,1,9-17H2,2-8H3. The van der Waals surface area contributed by atoms with E-state index >= 15 is 0 Å². The van der Waals surface area contributed by atoms with Gasteiger partial charge >= 0.3 is 0 Å². The largest absolute Gasteiger partial charge is 0.379 e. The van der Waals surface area contributed by atoms with Gasteiger partial charge in [-0.05, 0) is 163 Å². The Labute approximate surface area is 322 Å². The zero-order valence-corrected chi connectivity index (χ0v) is 37.5. The van der Waals surface area contributed by atoms with Crippen molar-refractivity contribution in [1.82, 2.24) is 0 Å². The molecule has 306 valence electrons. The van der Waals surface area contributed by atoms with Crippen LogP contribution >= 0.6 is 0 Å². The lowest BCUT2D eigenvalue weighted by Crippen LogP contribution is -2.25. The maximum atomic E-state index is 6.25. The summed E-state index contributed by atoms with van der Waals surface area (Å²) in [4.78, 5) is 0. The van der Waals surface area contributed by atoms with E-state index in [0.29, 0.717) is 24.0 Å². The van der Waals surface area contributed by atoms with Crippen LogP contribution < -0.4 is 0 Å². The van der Waals surface area contributed by atoms with E-state index in [2.05, 4.69) is 117 Å². The molecule has 4 nitrogen and oxygen atoms in total. The third-order valence-corrected chi connectivity index (χ3v) is 10.0. The highest BCUT2D eigenvalue weighted by atomic mass is 16.5. The Morgan fingerprint density at radius 2 is 0.902 bits per heavy atom. The first-order chi connectivity index (χ1) is 23.6. The Bertz CT molecular complexity index is 823. The second kappa shape index (κ2) is 30.6. The molecule has 0 amide bonds. The van der Waals surface area contributed by atoms with Crippen molar-refractivity contribution in [2.45, 2.75) is 224 Å². The fourth-order valence-electron chi connectivity index (χ4n) is 6.12. The summed E-state index contributed by atoms with van der Waals surface area (Å²) in [5.74, 6) is 3.52. The Hall–Kier alpha value is -0.680. The van der Waals surface area contributed by atoms with E-state index in [1.807, 2.05) is 0 Å². The van der Waals surface area contributed by atoms with Gasteiger partial charge in [-0.25, -0.2) is 0 Å². The molecule has 0 spiro atoms. The molecule has 0 aliphatic carbocycles. The van der Waals surface area contributed by atoms with Crippen LogP contribution in [0.1, 0.15) is 200 Å². The van der Waals surface area contributed by atoms with E-state index in [9.17, 15) is 0 Å². The van der Waals surface area contributed by atoms with Gasteiger partial charge < -0.3 is 18.9 Å². The molecular weight excluding hydrogens is 629 g/mol. The molecule has 0 aliphatic heterocycles. The average molecular weight is 723 g/mol. The van der Waals surface area contributed by atoms with Gasteiger partial charge in [0.2, 0.25) is 0 Å². The maximum absolute atomic E-state index is 6.25. The minimum atomic E-state index is -0.0167. The van der Waals surface area contributed by atoms with Crippen molar-refractivity contribution in [2.75, 3.05) is 26.4 Å². The molecule has 0 fully saturated rings. The van der Waals surface area contributed by atoms with Crippen molar-refractivity contribution in [3.8, 4) is 0 Å². The van der Waals surface area contributed by atoms with Crippen LogP contribution in [-0.2, 0) is 18.9 Å². The third kappa shape index (κ3) is 38.8. The fraction of sp³-hybridized carbons (Fsp3) is 0.915. The molecule has 0 aromatic heterocycles. The van der Waals surface area contributed by atoms with E-state index in [4.69, 9.17) is 18.9 Å². The molecule has 0 aromatic rings. The number of allylic oxidation sites excluding steroid dienone is 2. The van der Waals surface area contributed by atoms with Gasteiger partial charge in [0.1, 0.15) is 0 Å². The summed E-state index contributed by atoms with van der Waals surface area (Å²) in [6.07, 6.45) is 18.9. The predicted octanol–water partition coefficient (Wildman–Crippen LogP) is 14.6. The van der Waals surface area contributed by atoms with Gasteiger partial charge in [0.05, 0.1) is 23.4 Å². The van der Waals surface area contributed by atoms with Gasteiger partial charge in [-0.3, -0.25) is 0 Å². The Kier molecular flexibility index (Phi) is 31.5. The molecule has 5 atom stereocenters. The van der Waals surface area contributed by atoms with Gasteiger partial charge in [-0.15, -0.1) is 13.2 Å². The molecule has 0 radical (unpaired) electrons. The highest BCUT2D eigenvalue weighted by Crippen LogP contribution is 2.24. The van der Waals surface area contributed by atoms with Gasteiger partial charge in [0.15, 0.2) is 0 Å². The molecule has 0 heterocycles. The molecule has 0 bridgehead atoms. The van der Waals surface area contributed by atoms with E-state index in [1.165, 1.54) is 75.4 Å². The van der Waals surface area contributed by atoms with Crippen molar-refractivity contribution in [1.29, 1.82) is 0 Å². The summed E-state index contributed by atoms with van der Waals surface area (Å²) in [5.41, 5.74) is 2.58. The molecule has 0 saturated heterocycles. The summed E-state index contributed by atoms with van der Waals surface area (Å²) in [7, 11) is 0. The zero-order valence-electron chi connectivity index (χ0n) is 37.5. The Balaban J connectivity index is 0. The molecule has 0 aliphatic rings. The molecule has 0 saturated carbocycles. The highest BCUT2D eigenvalue weighted by molar-refractivity contribution is 4.88. The van der Waals surface area contributed by atoms with E-state index in [-0.39, 0.29) is 11.2 Å². The molecular formula is C47H94O4. The van der Waals surface area contributed by atoms with E-state index in [1.54, 1.807) is 0 Å². The molecule has 51 heavy (non-hydrogen) atoms. The molecule has 0 rings (SSSR count). The number of hydrogen-bond donors (Lipinski definition) is 0. The number of ether oxygens (including phenoxy) is 4. The first-order valence-electron chi connectivity index (χ1n) is 21.4. The third-order valence-electron chi connectivity index (χ3n) is 10.0. The zero-order chi connectivity index (χ0) is 39.5. The minimum absolute atomic E-state index is 0.000938. The monoisotopic (exact) mass is 723 g/mol. The summed E-state index contributed by atoms with van der Waals surface area (Å²) in [6.45, 7) is 44.8. The summed E-state index contributed by atoms with van der Waals surface area (Å²) in [5, 5.41) is 0. The van der Waals surface area contributed by atoms with Crippen molar-refractivity contribution < 1.29 is 18.9 Å². The lowest BCUT2D eigenvalue weighted by molar-refractivity contribution is -0.0313. The van der Waals surface area contributed by atoms with Crippen molar-refractivity contribution >= 4 is 0 Å². The normalized spacial score (nSPS) is 15.3. The van der Waals surface area contributed by atoms with Crippen molar-refractivity contribution in [3.05, 3.63) is 24.3 Å². The SMILES string of the molecule is C=C(C)CCCC(C)CCOC(C)(C)CCCC(C)CCOC(C)(C)C.C=C(C)CCCC(C)CCOC(CCC(C)CCOC(C)C)C(C)C. The molecule has 0 N–H and O–H groups in total. The number of rotatable bonds is 31. The van der Waals surface area contributed by atoms with Crippen LogP contribution in [-0.4, -0.2) is 49.8 Å². The molecule has 0 aromatic carbocycles. The average Bonchev–Trinajstić information content (AvgIpc) is 2.97. The smallest absolute Gasteiger partial charge is 0.0626 e. The van der Waals surface area contributed by atoms with Crippen LogP contribution in [0.4, 0.5) is 0 Å². The quantitative estimate of drug-likeness (QED) is 0.0668. The van der Waals surface area contributed by atoms with Crippen molar-refractivity contribution in [2.24, 2.45) is 29.6 Å². The Morgan fingerprint density at radius 3 is 1.33 bits per heavy atom. The van der Waals surface area contributed by atoms with Gasteiger partial charge in [0, 0.05) is 26.4 Å². The minimum Gasteiger partial charge on any atom is -0.379 e. The van der Waals surface area contributed by atoms with Crippen LogP contribution in [0.2, 0.25) is 0 Å². The van der Waals surface area contributed by atoms with Gasteiger partial charge in [-0.2, -0.15) is 0 Å². The van der Waals surface area contributed by atoms with Gasteiger partial charge in [-0.1, -0.05) is 78.4 Å². The van der Waals surface area contributed by atoms with Crippen LogP contribution in [0.3, 0.4) is 0 Å². The van der Waals surface area contributed by atoms with Gasteiger partial charge in [0.25, 0.3) is 0 Å². The lowest BCUT2D eigenvalue weighted by atomic mass is 9.95.